The largest absolute Gasteiger partial charge is 0.416 e. The standard InChI is InChI=1S/C23H18F4N2O2/c1-4-6-15-7-5-8-16(10-15)17-11-19(23(25,26)27)14(3)21(29(30)31)20(17)18-9-13(2)12-28-22(18)24/h4-5,7-12H,1,6H2,2-3H3. The zero-order chi connectivity index (χ0) is 22.9. The monoisotopic (exact) mass is 430 g/mol. The molecule has 1 heterocycles. The minimum atomic E-state index is -4.83. The summed E-state index contributed by atoms with van der Waals surface area (Å²) in [4.78, 5) is 14.6. The summed E-state index contributed by atoms with van der Waals surface area (Å²) in [5.41, 5.74) is -1.54. The van der Waals surface area contributed by atoms with E-state index in [1.807, 2.05) is 0 Å². The molecule has 0 saturated heterocycles. The first kappa shape index (κ1) is 22.1. The van der Waals surface area contributed by atoms with Crippen LogP contribution in [0.4, 0.5) is 23.2 Å². The number of nitro benzene ring substituents is 1. The van der Waals surface area contributed by atoms with E-state index in [0.29, 0.717) is 17.5 Å². The zero-order valence-electron chi connectivity index (χ0n) is 16.8. The Kier molecular flexibility index (Phi) is 5.92. The molecule has 0 aliphatic rings. The first-order valence-corrected chi connectivity index (χ1v) is 9.26. The third-order valence-electron chi connectivity index (χ3n) is 4.91. The van der Waals surface area contributed by atoms with Crippen molar-refractivity contribution in [2.75, 3.05) is 0 Å². The average Bonchev–Trinajstić information content (AvgIpc) is 2.68. The summed E-state index contributed by atoms with van der Waals surface area (Å²) < 4.78 is 55.9. The molecule has 0 spiro atoms. The van der Waals surface area contributed by atoms with Crippen LogP contribution >= 0.6 is 0 Å². The summed E-state index contributed by atoms with van der Waals surface area (Å²) >= 11 is 0. The van der Waals surface area contributed by atoms with Gasteiger partial charge in [-0.05, 0) is 54.7 Å². The summed E-state index contributed by atoms with van der Waals surface area (Å²) in [6, 6.07) is 8.71. The van der Waals surface area contributed by atoms with E-state index in [1.54, 1.807) is 31.2 Å². The predicted molar refractivity (Wildman–Crippen MR) is 110 cm³/mol. The Balaban J connectivity index is 2.52. The Morgan fingerprint density at radius 3 is 2.48 bits per heavy atom. The van der Waals surface area contributed by atoms with E-state index in [2.05, 4.69) is 11.6 Å². The van der Waals surface area contributed by atoms with E-state index in [1.165, 1.54) is 18.3 Å². The lowest BCUT2D eigenvalue weighted by molar-refractivity contribution is -0.384. The topological polar surface area (TPSA) is 56.0 Å². The quantitative estimate of drug-likeness (QED) is 0.147. The molecule has 0 fully saturated rings. The Morgan fingerprint density at radius 2 is 1.87 bits per heavy atom. The van der Waals surface area contributed by atoms with Crippen LogP contribution < -0.4 is 0 Å². The van der Waals surface area contributed by atoms with Gasteiger partial charge in [-0.15, -0.1) is 6.58 Å². The molecule has 3 rings (SSSR count). The molecular weight excluding hydrogens is 412 g/mol. The summed E-state index contributed by atoms with van der Waals surface area (Å²) in [5.74, 6) is -1.00. The van der Waals surface area contributed by atoms with Crippen LogP contribution in [-0.2, 0) is 12.6 Å². The molecule has 0 unspecified atom stereocenters. The second-order valence-electron chi connectivity index (χ2n) is 7.12. The van der Waals surface area contributed by atoms with Crippen LogP contribution in [0, 0.1) is 29.9 Å². The molecule has 1 aromatic heterocycles. The van der Waals surface area contributed by atoms with E-state index in [0.717, 1.165) is 18.6 Å². The van der Waals surface area contributed by atoms with Crippen LogP contribution in [-0.4, -0.2) is 9.91 Å². The lowest BCUT2D eigenvalue weighted by Gasteiger charge is -2.18. The molecule has 2 aromatic carbocycles. The maximum absolute atomic E-state index is 14.7. The number of pyridine rings is 1. The van der Waals surface area contributed by atoms with Crippen molar-refractivity contribution in [3.05, 3.63) is 93.6 Å². The molecule has 0 bridgehead atoms. The SMILES string of the molecule is C=CCc1cccc(-c2cc(C(F)(F)F)c(C)c([N+](=O)[O-])c2-c2cc(C)cnc2F)c1. The van der Waals surface area contributed by atoms with Gasteiger partial charge in [0.15, 0.2) is 0 Å². The predicted octanol–water partition coefficient (Wildman–Crippen LogP) is 6.83. The van der Waals surface area contributed by atoms with Crippen molar-refractivity contribution in [3.8, 4) is 22.3 Å². The number of rotatable bonds is 5. The maximum atomic E-state index is 14.7. The molecule has 4 nitrogen and oxygen atoms in total. The van der Waals surface area contributed by atoms with Crippen molar-refractivity contribution < 1.29 is 22.5 Å². The molecule has 0 saturated carbocycles. The fraction of sp³-hybridized carbons (Fsp3) is 0.174. The third kappa shape index (κ3) is 4.33. The van der Waals surface area contributed by atoms with Crippen molar-refractivity contribution in [1.82, 2.24) is 4.98 Å². The molecule has 160 valence electrons. The van der Waals surface area contributed by atoms with E-state index in [9.17, 15) is 27.7 Å². The smallest absolute Gasteiger partial charge is 0.258 e. The number of nitro groups is 1. The van der Waals surface area contributed by atoms with E-state index < -0.39 is 33.9 Å². The van der Waals surface area contributed by atoms with Crippen molar-refractivity contribution in [3.63, 3.8) is 0 Å². The average molecular weight is 430 g/mol. The molecule has 0 radical (unpaired) electrons. The summed E-state index contributed by atoms with van der Waals surface area (Å²) in [5, 5.41) is 11.9. The normalized spacial score (nSPS) is 11.4. The molecule has 0 aliphatic heterocycles. The number of benzene rings is 2. The molecule has 0 aliphatic carbocycles. The molecule has 0 N–H and O–H groups in total. The van der Waals surface area contributed by atoms with Gasteiger partial charge in [-0.25, -0.2) is 4.98 Å². The first-order valence-electron chi connectivity index (χ1n) is 9.26. The van der Waals surface area contributed by atoms with Gasteiger partial charge in [0.05, 0.1) is 16.1 Å². The van der Waals surface area contributed by atoms with E-state index in [4.69, 9.17) is 0 Å². The van der Waals surface area contributed by atoms with Gasteiger partial charge in [-0.2, -0.15) is 17.6 Å². The molecule has 31 heavy (non-hydrogen) atoms. The Bertz CT molecular complexity index is 1190. The number of hydrogen-bond acceptors (Lipinski definition) is 3. The number of alkyl halides is 3. The Labute approximate surface area is 176 Å². The fourth-order valence-corrected chi connectivity index (χ4v) is 3.55. The highest BCUT2D eigenvalue weighted by Crippen LogP contribution is 2.47. The van der Waals surface area contributed by atoms with Gasteiger partial charge in [0.25, 0.3) is 5.69 Å². The number of aryl methyl sites for hydroxylation is 1. The van der Waals surface area contributed by atoms with Gasteiger partial charge in [-0.3, -0.25) is 10.1 Å². The van der Waals surface area contributed by atoms with E-state index >= 15 is 0 Å². The maximum Gasteiger partial charge on any atom is 0.416 e. The molecule has 0 amide bonds. The van der Waals surface area contributed by atoms with Crippen LogP contribution in [0.5, 0.6) is 0 Å². The Hall–Kier alpha value is -3.55. The van der Waals surface area contributed by atoms with Crippen LogP contribution in [0.2, 0.25) is 0 Å². The number of hydrogen-bond donors (Lipinski definition) is 0. The van der Waals surface area contributed by atoms with Gasteiger partial charge in [0.2, 0.25) is 5.95 Å². The van der Waals surface area contributed by atoms with Crippen molar-refractivity contribution >= 4 is 5.69 Å². The highest BCUT2D eigenvalue weighted by Gasteiger charge is 2.39. The van der Waals surface area contributed by atoms with Crippen LogP contribution in [0.25, 0.3) is 22.3 Å². The Morgan fingerprint density at radius 1 is 1.16 bits per heavy atom. The van der Waals surface area contributed by atoms with Crippen molar-refractivity contribution in [2.24, 2.45) is 0 Å². The fourth-order valence-electron chi connectivity index (χ4n) is 3.55. The van der Waals surface area contributed by atoms with Crippen LogP contribution in [0.15, 0.2) is 55.3 Å². The second-order valence-corrected chi connectivity index (χ2v) is 7.12. The van der Waals surface area contributed by atoms with Crippen molar-refractivity contribution in [2.45, 2.75) is 26.4 Å². The second kappa shape index (κ2) is 8.29. The number of halogens is 4. The minimum Gasteiger partial charge on any atom is -0.258 e. The highest BCUT2D eigenvalue weighted by atomic mass is 19.4. The van der Waals surface area contributed by atoms with E-state index in [-0.39, 0.29) is 16.7 Å². The number of aromatic nitrogens is 1. The summed E-state index contributed by atoms with van der Waals surface area (Å²) in [6.07, 6.45) is -1.51. The molecular formula is C23H18F4N2O2. The van der Waals surface area contributed by atoms with Gasteiger partial charge >= 0.3 is 6.18 Å². The molecule has 0 atom stereocenters. The summed E-state index contributed by atoms with van der Waals surface area (Å²) in [7, 11) is 0. The van der Waals surface area contributed by atoms with Gasteiger partial charge in [0.1, 0.15) is 0 Å². The zero-order valence-corrected chi connectivity index (χ0v) is 16.8. The lowest BCUT2D eigenvalue weighted by Crippen LogP contribution is -2.11. The number of nitrogens with zero attached hydrogens (tertiary/aromatic N) is 2. The minimum absolute atomic E-state index is 0.0955. The highest BCUT2D eigenvalue weighted by molar-refractivity contribution is 5.92. The third-order valence-corrected chi connectivity index (χ3v) is 4.91. The van der Waals surface area contributed by atoms with Gasteiger partial charge in [0, 0.05) is 17.3 Å². The lowest BCUT2D eigenvalue weighted by atomic mass is 9.87. The van der Waals surface area contributed by atoms with Gasteiger partial charge in [-0.1, -0.05) is 30.3 Å². The summed E-state index contributed by atoms with van der Waals surface area (Å²) in [6.45, 7) is 6.28. The molecule has 8 heteroatoms. The number of allylic oxidation sites excluding steroid dienone is 1. The van der Waals surface area contributed by atoms with Crippen LogP contribution in [0.1, 0.15) is 22.3 Å². The first-order chi connectivity index (χ1) is 14.5. The van der Waals surface area contributed by atoms with Crippen LogP contribution in [0.3, 0.4) is 0 Å². The van der Waals surface area contributed by atoms with Crippen molar-refractivity contribution in [1.29, 1.82) is 0 Å². The van der Waals surface area contributed by atoms with Gasteiger partial charge < -0.3 is 0 Å². The molecule has 3 aromatic rings.